The number of para-hydroxylation sites is 1. The van der Waals surface area contributed by atoms with Crippen LogP contribution in [0.1, 0.15) is 78.3 Å². The molecule has 2 aliphatic rings. The molecule has 0 fully saturated rings. The summed E-state index contributed by atoms with van der Waals surface area (Å²) in [7, 11) is 0. The van der Waals surface area contributed by atoms with Crippen molar-refractivity contribution in [1.82, 2.24) is 29.9 Å². The van der Waals surface area contributed by atoms with Crippen LogP contribution in [0.5, 0.6) is 0 Å². The Kier molecular flexibility index (Phi) is 6.32. The molecule has 0 saturated heterocycles. The lowest BCUT2D eigenvalue weighted by Crippen LogP contribution is -2.26. The first kappa shape index (κ1) is 20.9. The number of fused-ring (bicyclic) bond motifs is 2. The lowest BCUT2D eigenvalue weighted by Gasteiger charge is -2.08. The standard InChI is InChI=1S/C25H32N6O/c32-25(26-17-10-16-23-28-27-22-15-8-3-9-18-30(22)23)24-20-13-6-2-7-14-21(20)31(29-24)19-11-4-1-5-12-19/h1,4-5,11-12H,2-3,6-10,13-18H2,(H,26,32). The van der Waals surface area contributed by atoms with Crippen molar-refractivity contribution in [3.63, 3.8) is 0 Å². The summed E-state index contributed by atoms with van der Waals surface area (Å²) in [5.41, 5.74) is 3.95. The number of carbonyl (C=O) groups excluding carboxylic acids is 1. The van der Waals surface area contributed by atoms with Gasteiger partial charge in [0.2, 0.25) is 0 Å². The SMILES string of the molecule is O=C(NCCCc1nnc2n1CCCCC2)c1nn(-c2ccccc2)c2c1CCCCC2. The molecule has 0 spiro atoms. The molecule has 3 aromatic rings. The summed E-state index contributed by atoms with van der Waals surface area (Å²) >= 11 is 0. The molecule has 168 valence electrons. The third-order valence-corrected chi connectivity index (χ3v) is 6.69. The summed E-state index contributed by atoms with van der Waals surface area (Å²) in [6.45, 7) is 1.64. The lowest BCUT2D eigenvalue weighted by molar-refractivity contribution is 0.0946. The van der Waals surface area contributed by atoms with Gasteiger partial charge in [-0.2, -0.15) is 5.10 Å². The minimum atomic E-state index is -0.0575. The number of hydrogen-bond acceptors (Lipinski definition) is 4. The molecule has 2 aromatic heterocycles. The highest BCUT2D eigenvalue weighted by molar-refractivity contribution is 5.94. The van der Waals surface area contributed by atoms with E-state index < -0.39 is 0 Å². The van der Waals surface area contributed by atoms with E-state index in [1.807, 2.05) is 22.9 Å². The molecule has 0 bridgehead atoms. The predicted octanol–water partition coefficient (Wildman–Crippen LogP) is 3.82. The monoisotopic (exact) mass is 432 g/mol. The zero-order chi connectivity index (χ0) is 21.8. The van der Waals surface area contributed by atoms with Crippen LogP contribution in [0.2, 0.25) is 0 Å². The van der Waals surface area contributed by atoms with Crippen LogP contribution in [0.4, 0.5) is 0 Å². The van der Waals surface area contributed by atoms with E-state index in [0.29, 0.717) is 12.2 Å². The topological polar surface area (TPSA) is 77.6 Å². The molecule has 1 aromatic carbocycles. The molecule has 32 heavy (non-hydrogen) atoms. The van der Waals surface area contributed by atoms with Gasteiger partial charge in [-0.15, -0.1) is 10.2 Å². The minimum absolute atomic E-state index is 0.0575. The van der Waals surface area contributed by atoms with E-state index in [4.69, 9.17) is 5.10 Å². The highest BCUT2D eigenvalue weighted by atomic mass is 16.1. The number of aryl methyl sites for hydroxylation is 2. The molecule has 0 radical (unpaired) electrons. The smallest absolute Gasteiger partial charge is 0.272 e. The first-order valence-electron chi connectivity index (χ1n) is 12.2. The molecule has 7 heteroatoms. The van der Waals surface area contributed by atoms with E-state index in [1.54, 1.807) is 0 Å². The van der Waals surface area contributed by atoms with Crippen molar-refractivity contribution < 1.29 is 4.79 Å². The first-order valence-corrected chi connectivity index (χ1v) is 12.2. The maximum absolute atomic E-state index is 13.1. The second-order valence-electron chi connectivity index (χ2n) is 8.94. The summed E-state index contributed by atoms with van der Waals surface area (Å²) in [6.07, 6.45) is 11.7. The number of aromatic nitrogens is 5. The first-order chi connectivity index (χ1) is 15.8. The molecule has 1 aliphatic carbocycles. The Morgan fingerprint density at radius 3 is 2.66 bits per heavy atom. The highest BCUT2D eigenvalue weighted by Crippen LogP contribution is 2.26. The van der Waals surface area contributed by atoms with Gasteiger partial charge in [-0.3, -0.25) is 4.79 Å². The van der Waals surface area contributed by atoms with E-state index in [1.165, 1.54) is 31.4 Å². The Morgan fingerprint density at radius 2 is 1.75 bits per heavy atom. The number of benzene rings is 1. The molecule has 0 unspecified atom stereocenters. The van der Waals surface area contributed by atoms with Crippen LogP contribution in [0.3, 0.4) is 0 Å². The summed E-state index contributed by atoms with van der Waals surface area (Å²) < 4.78 is 4.28. The van der Waals surface area contributed by atoms with Gasteiger partial charge in [-0.1, -0.05) is 31.0 Å². The van der Waals surface area contributed by atoms with Gasteiger partial charge in [-0.05, 0) is 57.1 Å². The highest BCUT2D eigenvalue weighted by Gasteiger charge is 2.24. The van der Waals surface area contributed by atoms with Gasteiger partial charge in [0.05, 0.1) is 5.69 Å². The number of nitrogens with zero attached hydrogens (tertiary/aromatic N) is 5. The van der Waals surface area contributed by atoms with Gasteiger partial charge in [0.1, 0.15) is 11.6 Å². The van der Waals surface area contributed by atoms with Gasteiger partial charge in [0.15, 0.2) is 5.69 Å². The molecule has 0 saturated carbocycles. The Bertz CT molecular complexity index is 1070. The van der Waals surface area contributed by atoms with Crippen LogP contribution in [0, 0.1) is 0 Å². The number of amides is 1. The molecule has 5 rings (SSSR count). The normalized spacial score (nSPS) is 16.0. The summed E-state index contributed by atoms with van der Waals surface area (Å²) in [5, 5.41) is 16.7. The minimum Gasteiger partial charge on any atom is -0.351 e. The second-order valence-corrected chi connectivity index (χ2v) is 8.94. The lowest BCUT2D eigenvalue weighted by atomic mass is 10.1. The van der Waals surface area contributed by atoms with Crippen molar-refractivity contribution in [1.29, 1.82) is 0 Å². The molecule has 7 nitrogen and oxygen atoms in total. The summed E-state index contributed by atoms with van der Waals surface area (Å²) in [5.74, 6) is 2.12. The van der Waals surface area contributed by atoms with Gasteiger partial charge < -0.3 is 9.88 Å². The zero-order valence-electron chi connectivity index (χ0n) is 18.7. The van der Waals surface area contributed by atoms with Crippen molar-refractivity contribution in [2.45, 2.75) is 77.2 Å². The Balaban J connectivity index is 1.26. The fourth-order valence-corrected chi connectivity index (χ4v) is 5.00. The van der Waals surface area contributed by atoms with Crippen LogP contribution in [-0.4, -0.2) is 37.0 Å². The second kappa shape index (κ2) is 9.67. The number of rotatable bonds is 6. The maximum Gasteiger partial charge on any atom is 0.272 e. The largest absolute Gasteiger partial charge is 0.351 e. The van der Waals surface area contributed by atoms with Crippen molar-refractivity contribution in [3.8, 4) is 5.69 Å². The van der Waals surface area contributed by atoms with Crippen molar-refractivity contribution in [2.75, 3.05) is 6.54 Å². The van der Waals surface area contributed by atoms with E-state index in [-0.39, 0.29) is 5.91 Å². The molecule has 1 amide bonds. The van der Waals surface area contributed by atoms with Crippen LogP contribution in [-0.2, 0) is 32.2 Å². The van der Waals surface area contributed by atoms with E-state index in [0.717, 1.165) is 74.4 Å². The Hall–Kier alpha value is -2.96. The average molecular weight is 433 g/mol. The molecule has 1 aliphatic heterocycles. The fourth-order valence-electron chi connectivity index (χ4n) is 5.00. The van der Waals surface area contributed by atoms with Crippen molar-refractivity contribution in [2.24, 2.45) is 0 Å². The number of carbonyl (C=O) groups is 1. The number of nitrogens with one attached hydrogen (secondary N) is 1. The molecule has 1 N–H and O–H groups in total. The number of hydrogen-bond donors (Lipinski definition) is 1. The Labute approximate surface area is 189 Å². The summed E-state index contributed by atoms with van der Waals surface area (Å²) in [4.78, 5) is 13.1. The zero-order valence-corrected chi connectivity index (χ0v) is 18.7. The van der Waals surface area contributed by atoms with E-state index >= 15 is 0 Å². The van der Waals surface area contributed by atoms with Gasteiger partial charge in [0, 0.05) is 37.2 Å². The van der Waals surface area contributed by atoms with E-state index in [9.17, 15) is 4.79 Å². The van der Waals surface area contributed by atoms with Gasteiger partial charge in [-0.25, -0.2) is 4.68 Å². The molecular weight excluding hydrogens is 400 g/mol. The van der Waals surface area contributed by atoms with Crippen molar-refractivity contribution >= 4 is 5.91 Å². The van der Waals surface area contributed by atoms with Crippen LogP contribution in [0.25, 0.3) is 5.69 Å². The quantitative estimate of drug-likeness (QED) is 0.474. The maximum atomic E-state index is 13.1. The average Bonchev–Trinajstić information content (AvgIpc) is 3.16. The van der Waals surface area contributed by atoms with Gasteiger partial charge >= 0.3 is 0 Å². The van der Waals surface area contributed by atoms with Crippen molar-refractivity contribution in [3.05, 3.63) is 58.9 Å². The molecule has 0 atom stereocenters. The molecule has 3 heterocycles. The van der Waals surface area contributed by atoms with Crippen LogP contribution >= 0.6 is 0 Å². The third-order valence-electron chi connectivity index (χ3n) is 6.69. The molecular formula is C25H32N6O. The van der Waals surface area contributed by atoms with Crippen LogP contribution in [0.15, 0.2) is 30.3 Å². The Morgan fingerprint density at radius 1 is 0.938 bits per heavy atom. The predicted molar refractivity (Wildman–Crippen MR) is 123 cm³/mol. The van der Waals surface area contributed by atoms with Crippen LogP contribution < -0.4 is 5.32 Å². The van der Waals surface area contributed by atoms with Gasteiger partial charge in [0.25, 0.3) is 5.91 Å². The fraction of sp³-hybridized carbons (Fsp3) is 0.520. The van der Waals surface area contributed by atoms with E-state index in [2.05, 4.69) is 32.2 Å². The third kappa shape index (κ3) is 4.33. The summed E-state index contributed by atoms with van der Waals surface area (Å²) in [6, 6.07) is 10.2.